The van der Waals surface area contributed by atoms with Crippen LogP contribution in [0.1, 0.15) is 18.1 Å². The number of hydrogen-bond acceptors (Lipinski definition) is 1. The molecule has 0 saturated heterocycles. The van der Waals surface area contributed by atoms with Gasteiger partial charge in [-0.1, -0.05) is 79.4 Å². The predicted molar refractivity (Wildman–Crippen MR) is 86.3 cm³/mol. The summed E-state index contributed by atoms with van der Waals surface area (Å²) in [5.41, 5.74) is 3.85. The molecule has 2 aromatic carbocycles. The van der Waals surface area contributed by atoms with Crippen LogP contribution in [0.3, 0.4) is 0 Å². The molecule has 0 aliphatic rings. The quantitative estimate of drug-likeness (QED) is 0.589. The van der Waals surface area contributed by atoms with Gasteiger partial charge >= 0.3 is 0 Å². The second kappa shape index (κ2) is 6.58. The first-order valence-electron chi connectivity index (χ1n) is 6.56. The molecule has 0 fully saturated rings. The van der Waals surface area contributed by atoms with Gasteiger partial charge in [-0.15, -0.1) is 0 Å². The minimum Gasteiger partial charge on any atom is -0.508 e. The van der Waals surface area contributed by atoms with Gasteiger partial charge in [-0.2, -0.15) is 0 Å². The molecule has 0 aromatic heterocycles. The molecule has 20 heavy (non-hydrogen) atoms. The Morgan fingerprint density at radius 3 is 2.05 bits per heavy atom. The zero-order valence-electron chi connectivity index (χ0n) is 11.6. The maximum absolute atomic E-state index is 9.85. The van der Waals surface area contributed by atoms with Gasteiger partial charge in [0.1, 0.15) is 5.76 Å². The Bertz CT molecular complexity index is 634. The molecule has 0 spiro atoms. The summed E-state index contributed by atoms with van der Waals surface area (Å²) in [6.45, 7) is 5.65. The molecule has 0 heterocycles. The molecule has 0 amide bonds. The summed E-state index contributed by atoms with van der Waals surface area (Å²) in [5.74, 6) is 0.0893. The summed E-state index contributed by atoms with van der Waals surface area (Å²) < 4.78 is 0. The maximum atomic E-state index is 9.85. The molecule has 1 heteroatoms. The normalized spacial score (nSPS) is 12.2. The number of benzene rings is 2. The average Bonchev–Trinajstić information content (AvgIpc) is 2.47. The third kappa shape index (κ3) is 3.48. The Labute approximate surface area is 120 Å². The second-order valence-electron chi connectivity index (χ2n) is 4.61. The van der Waals surface area contributed by atoms with Crippen molar-refractivity contribution in [2.24, 2.45) is 0 Å². The van der Waals surface area contributed by atoms with Gasteiger partial charge in [-0.3, -0.25) is 0 Å². The molecule has 1 N–H and O–H groups in total. The average molecular weight is 262 g/mol. The highest BCUT2D eigenvalue weighted by atomic mass is 16.3. The van der Waals surface area contributed by atoms with E-state index >= 15 is 0 Å². The second-order valence-corrected chi connectivity index (χ2v) is 4.61. The van der Waals surface area contributed by atoms with Gasteiger partial charge < -0.3 is 5.11 Å². The van der Waals surface area contributed by atoms with E-state index in [1.54, 1.807) is 0 Å². The van der Waals surface area contributed by atoms with Crippen molar-refractivity contribution in [2.75, 3.05) is 0 Å². The van der Waals surface area contributed by atoms with Gasteiger partial charge in [0.05, 0.1) is 0 Å². The summed E-state index contributed by atoms with van der Waals surface area (Å²) in [5, 5.41) is 9.85. The van der Waals surface area contributed by atoms with Crippen LogP contribution in [0, 0.1) is 0 Å². The summed E-state index contributed by atoms with van der Waals surface area (Å²) in [7, 11) is 0. The van der Waals surface area contributed by atoms with E-state index in [1.165, 1.54) is 0 Å². The van der Waals surface area contributed by atoms with Gasteiger partial charge in [0.2, 0.25) is 0 Å². The fourth-order valence-electron chi connectivity index (χ4n) is 2.10. The van der Waals surface area contributed by atoms with E-state index < -0.39 is 0 Å². The van der Waals surface area contributed by atoms with E-state index in [0.29, 0.717) is 0 Å². The summed E-state index contributed by atoms with van der Waals surface area (Å²) in [6, 6.07) is 19.9. The fourth-order valence-corrected chi connectivity index (χ4v) is 2.10. The minimum absolute atomic E-state index is 0.0893. The lowest BCUT2D eigenvalue weighted by molar-refractivity contribution is 0.440. The molecule has 0 bridgehead atoms. The van der Waals surface area contributed by atoms with Crippen molar-refractivity contribution in [3.8, 4) is 0 Å². The third-order valence-electron chi connectivity index (χ3n) is 3.07. The Hall–Kier alpha value is -2.54. The Morgan fingerprint density at radius 1 is 0.950 bits per heavy atom. The van der Waals surface area contributed by atoms with E-state index in [-0.39, 0.29) is 5.76 Å². The number of allylic oxidation sites excluding steroid dienone is 3. The summed E-state index contributed by atoms with van der Waals surface area (Å²) in [4.78, 5) is 0. The molecule has 0 radical (unpaired) electrons. The number of aliphatic hydroxyl groups excluding tert-OH is 1. The van der Waals surface area contributed by atoms with Gasteiger partial charge in [-0.05, 0) is 23.6 Å². The molecule has 100 valence electrons. The molecule has 2 aromatic rings. The molecule has 0 aliphatic carbocycles. The van der Waals surface area contributed by atoms with Crippen LogP contribution in [0.2, 0.25) is 0 Å². The lowest BCUT2D eigenvalue weighted by Crippen LogP contribution is -1.91. The van der Waals surface area contributed by atoms with E-state index in [2.05, 4.69) is 6.58 Å². The topological polar surface area (TPSA) is 20.2 Å². The van der Waals surface area contributed by atoms with Gasteiger partial charge in [-0.25, -0.2) is 0 Å². The van der Waals surface area contributed by atoms with Crippen molar-refractivity contribution in [3.05, 3.63) is 95.8 Å². The van der Waals surface area contributed by atoms with Crippen LogP contribution in [0.25, 0.3) is 11.6 Å². The molecule has 0 aliphatic heterocycles. The van der Waals surface area contributed by atoms with Crippen molar-refractivity contribution in [3.63, 3.8) is 0 Å². The lowest BCUT2D eigenvalue weighted by atomic mass is 9.98. The van der Waals surface area contributed by atoms with Crippen molar-refractivity contribution < 1.29 is 5.11 Å². The molecule has 0 atom stereocenters. The Morgan fingerprint density at radius 2 is 1.50 bits per heavy atom. The zero-order chi connectivity index (χ0) is 14.4. The van der Waals surface area contributed by atoms with Crippen molar-refractivity contribution in [2.45, 2.75) is 6.92 Å². The predicted octanol–water partition coefficient (Wildman–Crippen LogP) is 5.25. The summed E-state index contributed by atoms with van der Waals surface area (Å²) in [6.07, 6.45) is 4.03. The van der Waals surface area contributed by atoms with Crippen LogP contribution >= 0.6 is 0 Å². The smallest absolute Gasteiger partial charge is 0.116 e. The highest BCUT2D eigenvalue weighted by Crippen LogP contribution is 2.25. The van der Waals surface area contributed by atoms with E-state index in [9.17, 15) is 5.11 Å². The molecular formula is C19H18O. The third-order valence-corrected chi connectivity index (χ3v) is 3.07. The first-order valence-corrected chi connectivity index (χ1v) is 6.56. The van der Waals surface area contributed by atoms with E-state index in [4.69, 9.17) is 0 Å². The van der Waals surface area contributed by atoms with Crippen LogP contribution in [0.5, 0.6) is 0 Å². The van der Waals surface area contributed by atoms with Crippen molar-refractivity contribution in [1.82, 2.24) is 0 Å². The van der Waals surface area contributed by atoms with Crippen LogP contribution in [-0.2, 0) is 0 Å². The molecule has 0 unspecified atom stereocenters. The SMILES string of the molecule is C=C(O)/C(=C(C)\C=C\c1ccccc1)c1ccccc1. The highest BCUT2D eigenvalue weighted by molar-refractivity contribution is 5.81. The van der Waals surface area contributed by atoms with E-state index in [0.717, 1.165) is 22.3 Å². The highest BCUT2D eigenvalue weighted by Gasteiger charge is 2.06. The standard InChI is InChI=1S/C19H18O/c1-15(13-14-17-9-5-3-6-10-17)19(16(2)20)18-11-7-4-8-12-18/h3-14,20H,2H2,1H3/b14-13+,19-15+. The van der Waals surface area contributed by atoms with Gasteiger partial charge in [0.15, 0.2) is 0 Å². The van der Waals surface area contributed by atoms with Crippen LogP contribution in [-0.4, -0.2) is 5.11 Å². The largest absolute Gasteiger partial charge is 0.508 e. The lowest BCUT2D eigenvalue weighted by Gasteiger charge is -2.09. The zero-order valence-corrected chi connectivity index (χ0v) is 11.6. The first kappa shape index (κ1) is 13.9. The van der Waals surface area contributed by atoms with Crippen molar-refractivity contribution in [1.29, 1.82) is 0 Å². The van der Waals surface area contributed by atoms with Gasteiger partial charge in [0.25, 0.3) is 0 Å². The van der Waals surface area contributed by atoms with Crippen LogP contribution < -0.4 is 0 Å². The van der Waals surface area contributed by atoms with E-state index in [1.807, 2.05) is 79.7 Å². The molecular weight excluding hydrogens is 244 g/mol. The molecule has 1 nitrogen and oxygen atoms in total. The van der Waals surface area contributed by atoms with Crippen LogP contribution in [0.15, 0.2) is 84.7 Å². The van der Waals surface area contributed by atoms with Crippen LogP contribution in [0.4, 0.5) is 0 Å². The maximum Gasteiger partial charge on any atom is 0.116 e. The Balaban J connectivity index is 2.37. The number of aliphatic hydroxyl groups is 1. The fraction of sp³-hybridized carbons (Fsp3) is 0.0526. The van der Waals surface area contributed by atoms with Gasteiger partial charge in [0, 0.05) is 5.57 Å². The number of hydrogen-bond donors (Lipinski definition) is 1. The minimum atomic E-state index is 0.0893. The Kier molecular flexibility index (Phi) is 4.56. The molecule has 0 saturated carbocycles. The number of rotatable bonds is 4. The van der Waals surface area contributed by atoms with Crippen molar-refractivity contribution >= 4 is 11.6 Å². The molecule has 2 rings (SSSR count). The summed E-state index contributed by atoms with van der Waals surface area (Å²) >= 11 is 0. The first-order chi connectivity index (χ1) is 9.68. The monoisotopic (exact) mass is 262 g/mol.